The summed E-state index contributed by atoms with van der Waals surface area (Å²) in [5, 5.41) is 0. The van der Waals surface area contributed by atoms with Crippen LogP contribution in [0.3, 0.4) is 0 Å². The maximum Gasteiger partial charge on any atom is 0.323 e. The number of carbonyl (C=O) groups is 1. The summed E-state index contributed by atoms with van der Waals surface area (Å²) in [7, 11) is 0. The zero-order chi connectivity index (χ0) is 12.8. The van der Waals surface area contributed by atoms with Crippen molar-refractivity contribution >= 4 is 19.5 Å². The van der Waals surface area contributed by atoms with Gasteiger partial charge in [0.05, 0.1) is 0 Å². The Morgan fingerprint density at radius 3 is 2.33 bits per heavy atom. The Labute approximate surface area is 116 Å². The molecule has 0 aliphatic heterocycles. The number of rotatable bonds is 5. The first-order chi connectivity index (χ1) is 7.99. The highest BCUT2D eigenvalue weighted by atomic mass is 32.1. The van der Waals surface area contributed by atoms with E-state index in [1.807, 2.05) is 45.0 Å². The Kier molecular flexibility index (Phi) is 7.71. The molecule has 0 radical (unpaired) electrons. The molecular weight excluding hydrogens is 246 g/mol. The molecule has 18 heavy (non-hydrogen) atoms. The quantitative estimate of drug-likeness (QED) is 0.836. The fraction of sp³-hybridized carbons (Fsp3) is 0.500. The summed E-state index contributed by atoms with van der Waals surface area (Å²) in [6.45, 7) is 6.39. The molecule has 0 saturated carbocycles. The molecule has 0 saturated heterocycles. The molecule has 0 unspecified atom stereocenters. The fourth-order valence-corrected chi connectivity index (χ4v) is 1.55. The van der Waals surface area contributed by atoms with Crippen molar-refractivity contribution in [2.45, 2.75) is 39.8 Å². The van der Waals surface area contributed by atoms with Crippen LogP contribution >= 0.6 is 13.5 Å². The van der Waals surface area contributed by atoms with E-state index >= 15 is 0 Å². The van der Waals surface area contributed by atoms with Crippen molar-refractivity contribution in [2.24, 2.45) is 11.7 Å². The minimum Gasteiger partial charge on any atom is -0.460 e. The van der Waals surface area contributed by atoms with Gasteiger partial charge in [0.2, 0.25) is 0 Å². The van der Waals surface area contributed by atoms with Gasteiger partial charge in [-0.2, -0.15) is 13.5 Å². The van der Waals surface area contributed by atoms with Gasteiger partial charge >= 0.3 is 5.97 Å². The monoisotopic (exact) mass is 269 g/mol. The highest BCUT2D eigenvalue weighted by Gasteiger charge is 2.16. The number of nitrogens with two attached hydrogens (primary N) is 1. The number of aryl methyl sites for hydroxylation is 1. The van der Waals surface area contributed by atoms with E-state index in [4.69, 9.17) is 10.5 Å². The van der Waals surface area contributed by atoms with Crippen molar-refractivity contribution in [3.05, 3.63) is 35.4 Å². The molecule has 0 spiro atoms. The Bertz CT molecular complexity index is 363. The third-order valence-corrected chi connectivity index (χ3v) is 2.53. The molecule has 0 aliphatic carbocycles. The second-order valence-corrected chi connectivity index (χ2v) is 4.83. The van der Waals surface area contributed by atoms with Gasteiger partial charge in [0, 0.05) is 0 Å². The molecule has 1 rings (SSSR count). The summed E-state index contributed by atoms with van der Waals surface area (Å²) in [6.07, 6.45) is 0.659. The van der Waals surface area contributed by atoms with Crippen molar-refractivity contribution in [3.8, 4) is 0 Å². The van der Waals surface area contributed by atoms with Crippen LogP contribution < -0.4 is 5.73 Å². The normalized spacial score (nSPS) is 11.8. The molecule has 1 atom stereocenters. The summed E-state index contributed by atoms with van der Waals surface area (Å²) in [5.41, 5.74) is 7.91. The first-order valence-electron chi connectivity index (χ1n) is 5.97. The van der Waals surface area contributed by atoms with Gasteiger partial charge in [-0.3, -0.25) is 4.79 Å². The second kappa shape index (κ2) is 8.16. The molecule has 0 aromatic heterocycles. The van der Waals surface area contributed by atoms with Crippen molar-refractivity contribution in [3.63, 3.8) is 0 Å². The van der Waals surface area contributed by atoms with Crippen LogP contribution in [0.15, 0.2) is 24.3 Å². The van der Waals surface area contributed by atoms with E-state index in [9.17, 15) is 4.79 Å². The van der Waals surface area contributed by atoms with Gasteiger partial charge in [0.25, 0.3) is 0 Å². The van der Waals surface area contributed by atoms with Gasteiger partial charge in [-0.15, -0.1) is 0 Å². The third kappa shape index (κ3) is 6.07. The first-order valence-corrected chi connectivity index (χ1v) is 5.97. The average molecular weight is 269 g/mol. The standard InChI is InChI=1S/C14H21NO2.H2S/c1-10(2)8-13(15)14(16)17-9-12-6-4-11(3)5-7-12;/h4-7,10,13H,8-9,15H2,1-3H3;1H2/t13-;/m0./s1. The lowest BCUT2D eigenvalue weighted by Crippen LogP contribution is -2.33. The molecule has 1 aromatic rings. The summed E-state index contributed by atoms with van der Waals surface area (Å²) >= 11 is 0. The predicted molar refractivity (Wildman–Crippen MR) is 78.8 cm³/mol. The van der Waals surface area contributed by atoms with E-state index in [2.05, 4.69) is 0 Å². The van der Waals surface area contributed by atoms with E-state index in [1.54, 1.807) is 0 Å². The molecule has 0 aliphatic rings. The average Bonchev–Trinajstić information content (AvgIpc) is 2.27. The molecule has 3 nitrogen and oxygen atoms in total. The molecule has 0 amide bonds. The van der Waals surface area contributed by atoms with Gasteiger partial charge in [0.1, 0.15) is 12.6 Å². The lowest BCUT2D eigenvalue weighted by molar-refractivity contribution is -0.146. The van der Waals surface area contributed by atoms with Crippen molar-refractivity contribution in [2.75, 3.05) is 0 Å². The van der Waals surface area contributed by atoms with Crippen molar-refractivity contribution in [1.82, 2.24) is 0 Å². The Balaban J connectivity index is 0.00000289. The molecular formula is C14H23NO2S. The van der Waals surface area contributed by atoms with Crippen LogP contribution in [-0.4, -0.2) is 12.0 Å². The minimum atomic E-state index is -0.513. The molecule has 0 fully saturated rings. The van der Waals surface area contributed by atoms with Crippen LogP contribution in [0.25, 0.3) is 0 Å². The summed E-state index contributed by atoms with van der Waals surface area (Å²) in [6, 6.07) is 7.39. The van der Waals surface area contributed by atoms with Crippen molar-refractivity contribution < 1.29 is 9.53 Å². The van der Waals surface area contributed by atoms with Gasteiger partial charge in [-0.1, -0.05) is 43.7 Å². The summed E-state index contributed by atoms with van der Waals surface area (Å²) in [5.74, 6) is 0.0798. The molecule has 1 aromatic carbocycles. The van der Waals surface area contributed by atoms with Crippen molar-refractivity contribution in [1.29, 1.82) is 0 Å². The molecule has 0 bridgehead atoms. The Hall–Kier alpha value is -1.00. The largest absolute Gasteiger partial charge is 0.460 e. The summed E-state index contributed by atoms with van der Waals surface area (Å²) in [4.78, 5) is 11.6. The predicted octanol–water partition coefficient (Wildman–Crippen LogP) is 2.52. The molecule has 102 valence electrons. The number of ether oxygens (including phenoxy) is 1. The molecule has 4 heteroatoms. The maximum atomic E-state index is 11.6. The second-order valence-electron chi connectivity index (χ2n) is 4.83. The van der Waals surface area contributed by atoms with Crippen LogP contribution in [0, 0.1) is 12.8 Å². The topological polar surface area (TPSA) is 52.3 Å². The number of carbonyl (C=O) groups excluding carboxylic acids is 1. The zero-order valence-electron chi connectivity index (χ0n) is 11.3. The number of hydrogen-bond donors (Lipinski definition) is 1. The minimum absolute atomic E-state index is 0. The van der Waals surface area contributed by atoms with Crippen LogP contribution in [-0.2, 0) is 16.1 Å². The highest BCUT2D eigenvalue weighted by molar-refractivity contribution is 7.59. The molecule has 0 heterocycles. The number of hydrogen-bond acceptors (Lipinski definition) is 3. The Morgan fingerprint density at radius 1 is 1.28 bits per heavy atom. The molecule has 2 N–H and O–H groups in total. The smallest absolute Gasteiger partial charge is 0.323 e. The summed E-state index contributed by atoms with van der Waals surface area (Å²) < 4.78 is 5.17. The highest BCUT2D eigenvalue weighted by Crippen LogP contribution is 2.07. The van der Waals surface area contributed by atoms with Gasteiger partial charge in [-0.05, 0) is 24.8 Å². The van der Waals surface area contributed by atoms with Crippen LogP contribution in [0.1, 0.15) is 31.4 Å². The van der Waals surface area contributed by atoms with Crippen LogP contribution in [0.2, 0.25) is 0 Å². The number of esters is 1. The first kappa shape index (κ1) is 17.0. The van der Waals surface area contributed by atoms with Crippen LogP contribution in [0.4, 0.5) is 0 Å². The maximum absolute atomic E-state index is 11.6. The van der Waals surface area contributed by atoms with Gasteiger partial charge in [0.15, 0.2) is 0 Å². The zero-order valence-corrected chi connectivity index (χ0v) is 12.3. The van der Waals surface area contributed by atoms with E-state index in [0.29, 0.717) is 18.9 Å². The Morgan fingerprint density at radius 2 is 1.83 bits per heavy atom. The van der Waals surface area contributed by atoms with Gasteiger partial charge < -0.3 is 10.5 Å². The SMILES string of the molecule is Cc1ccc(COC(=O)[C@@H](N)CC(C)C)cc1.S. The lowest BCUT2D eigenvalue weighted by atomic mass is 10.1. The van der Waals surface area contributed by atoms with Gasteiger partial charge in [-0.25, -0.2) is 0 Å². The fourth-order valence-electron chi connectivity index (χ4n) is 1.55. The van der Waals surface area contributed by atoms with E-state index in [0.717, 1.165) is 5.56 Å². The third-order valence-electron chi connectivity index (χ3n) is 2.53. The van der Waals surface area contributed by atoms with E-state index < -0.39 is 6.04 Å². The van der Waals surface area contributed by atoms with E-state index in [-0.39, 0.29) is 19.5 Å². The van der Waals surface area contributed by atoms with E-state index in [1.165, 1.54) is 5.56 Å². The van der Waals surface area contributed by atoms with Crippen LogP contribution in [0.5, 0.6) is 0 Å². The lowest BCUT2D eigenvalue weighted by Gasteiger charge is -2.13. The number of benzene rings is 1.